The number of nitrogens with zero attached hydrogens (tertiary/aromatic N) is 2. The lowest BCUT2D eigenvalue weighted by molar-refractivity contribution is -0.123. The van der Waals surface area contributed by atoms with Gasteiger partial charge in [0.1, 0.15) is 0 Å². The first kappa shape index (κ1) is 17.4. The quantitative estimate of drug-likeness (QED) is 0.888. The number of anilines is 2. The normalized spacial score (nSPS) is 21.0. The number of benzene rings is 1. The number of hydrogen-bond acceptors (Lipinski definition) is 3. The predicted octanol–water partition coefficient (Wildman–Crippen LogP) is 2.52. The Morgan fingerprint density at radius 3 is 2.65 bits per heavy atom. The van der Waals surface area contributed by atoms with Crippen LogP contribution >= 0.6 is 11.6 Å². The number of halogens is 1. The molecular formula is C16H23ClN4O2. The second-order valence-corrected chi connectivity index (χ2v) is 6.55. The number of primary amides is 1. The minimum absolute atomic E-state index is 0.0626. The van der Waals surface area contributed by atoms with Gasteiger partial charge in [0.2, 0.25) is 5.91 Å². The van der Waals surface area contributed by atoms with Crippen molar-refractivity contribution >= 4 is 34.9 Å². The van der Waals surface area contributed by atoms with Crippen LogP contribution in [0.5, 0.6) is 0 Å². The molecule has 3 N–H and O–H groups in total. The smallest absolute Gasteiger partial charge is 0.322 e. The van der Waals surface area contributed by atoms with E-state index in [4.69, 9.17) is 17.3 Å². The molecule has 0 spiro atoms. The number of piperidine rings is 1. The van der Waals surface area contributed by atoms with Crippen molar-refractivity contribution < 1.29 is 9.59 Å². The van der Waals surface area contributed by atoms with E-state index in [9.17, 15) is 9.59 Å². The van der Waals surface area contributed by atoms with Gasteiger partial charge in [-0.25, -0.2) is 4.79 Å². The summed E-state index contributed by atoms with van der Waals surface area (Å²) >= 11 is 6.22. The molecule has 0 unspecified atom stereocenters. The summed E-state index contributed by atoms with van der Waals surface area (Å²) in [7, 11) is 3.73. The molecule has 1 aliphatic heterocycles. The van der Waals surface area contributed by atoms with Gasteiger partial charge in [0.15, 0.2) is 0 Å². The van der Waals surface area contributed by atoms with Crippen LogP contribution in [0.2, 0.25) is 5.02 Å². The fourth-order valence-electron chi connectivity index (χ4n) is 2.88. The third-order valence-electron chi connectivity index (χ3n) is 4.22. The van der Waals surface area contributed by atoms with Gasteiger partial charge in [0.25, 0.3) is 0 Å². The molecule has 1 aromatic carbocycles. The number of amides is 3. The van der Waals surface area contributed by atoms with Gasteiger partial charge in [-0.1, -0.05) is 17.7 Å². The minimum Gasteiger partial charge on any atom is -0.375 e. The minimum atomic E-state index is -0.355. The Bertz CT molecular complexity index is 606. The summed E-state index contributed by atoms with van der Waals surface area (Å²) in [6, 6.07) is 5.19. The Kier molecular flexibility index (Phi) is 5.36. The average Bonchev–Trinajstić information content (AvgIpc) is 2.46. The molecule has 3 amide bonds. The fraction of sp³-hybridized carbons (Fsp3) is 0.500. The number of para-hydroxylation sites is 1. The summed E-state index contributed by atoms with van der Waals surface area (Å²) in [5.41, 5.74) is 6.78. The fourth-order valence-corrected chi connectivity index (χ4v) is 3.22. The number of carbonyl (C=O) groups excluding carboxylic acids is 2. The van der Waals surface area contributed by atoms with Gasteiger partial charge in [-0.2, -0.15) is 0 Å². The Balaban J connectivity index is 2.18. The van der Waals surface area contributed by atoms with Crippen LogP contribution in [0.4, 0.5) is 16.2 Å². The van der Waals surface area contributed by atoms with Crippen LogP contribution in [0.15, 0.2) is 18.2 Å². The molecule has 6 nitrogen and oxygen atoms in total. The van der Waals surface area contributed by atoms with E-state index in [0.29, 0.717) is 17.3 Å². The van der Waals surface area contributed by atoms with E-state index in [-0.39, 0.29) is 23.9 Å². The van der Waals surface area contributed by atoms with Gasteiger partial charge in [-0.05, 0) is 31.9 Å². The summed E-state index contributed by atoms with van der Waals surface area (Å²) in [6.45, 7) is 2.32. The molecule has 0 aliphatic carbocycles. The summed E-state index contributed by atoms with van der Waals surface area (Å²) < 4.78 is 0. The van der Waals surface area contributed by atoms with E-state index >= 15 is 0 Å². The van der Waals surface area contributed by atoms with Crippen molar-refractivity contribution in [2.75, 3.05) is 30.9 Å². The van der Waals surface area contributed by atoms with Gasteiger partial charge in [-0.15, -0.1) is 0 Å². The van der Waals surface area contributed by atoms with E-state index in [0.717, 1.165) is 18.5 Å². The lowest BCUT2D eigenvalue weighted by atomic mass is 9.93. The first-order valence-corrected chi connectivity index (χ1v) is 8.01. The lowest BCUT2D eigenvalue weighted by Crippen LogP contribution is -2.50. The molecule has 0 aromatic heterocycles. The maximum atomic E-state index is 12.6. The van der Waals surface area contributed by atoms with Crippen molar-refractivity contribution in [2.24, 2.45) is 11.7 Å². The molecule has 1 aromatic rings. The van der Waals surface area contributed by atoms with Crippen molar-refractivity contribution in [3.63, 3.8) is 0 Å². The van der Waals surface area contributed by atoms with Crippen molar-refractivity contribution in [1.82, 2.24) is 4.90 Å². The third kappa shape index (κ3) is 3.88. The van der Waals surface area contributed by atoms with Crippen LogP contribution in [-0.2, 0) is 4.79 Å². The largest absolute Gasteiger partial charge is 0.375 e. The monoisotopic (exact) mass is 338 g/mol. The summed E-state index contributed by atoms with van der Waals surface area (Å²) in [5.74, 6) is -0.643. The van der Waals surface area contributed by atoms with Gasteiger partial charge in [-0.3, -0.25) is 4.79 Å². The summed E-state index contributed by atoms with van der Waals surface area (Å²) in [4.78, 5) is 27.6. The molecule has 126 valence electrons. The van der Waals surface area contributed by atoms with E-state index < -0.39 is 0 Å². The molecule has 1 heterocycles. The van der Waals surface area contributed by atoms with E-state index in [1.165, 1.54) is 0 Å². The molecule has 7 heteroatoms. The zero-order valence-electron chi connectivity index (χ0n) is 13.7. The molecule has 0 bridgehead atoms. The Labute approximate surface area is 141 Å². The Hall–Kier alpha value is -1.95. The van der Waals surface area contributed by atoms with Gasteiger partial charge in [0.05, 0.1) is 22.3 Å². The van der Waals surface area contributed by atoms with E-state index in [2.05, 4.69) is 5.32 Å². The molecule has 23 heavy (non-hydrogen) atoms. The second-order valence-electron chi connectivity index (χ2n) is 6.14. The van der Waals surface area contributed by atoms with Crippen molar-refractivity contribution in [3.05, 3.63) is 23.2 Å². The average molecular weight is 339 g/mol. The molecule has 0 radical (unpaired) electrons. The zero-order valence-corrected chi connectivity index (χ0v) is 14.4. The van der Waals surface area contributed by atoms with Crippen LogP contribution in [0.3, 0.4) is 0 Å². The molecule has 1 aliphatic rings. The van der Waals surface area contributed by atoms with Gasteiger partial charge in [0, 0.05) is 26.7 Å². The lowest BCUT2D eigenvalue weighted by Gasteiger charge is -2.37. The predicted molar refractivity (Wildman–Crippen MR) is 92.9 cm³/mol. The number of likely N-dealkylation sites (tertiary alicyclic amines) is 1. The van der Waals surface area contributed by atoms with E-state index in [1.54, 1.807) is 23.1 Å². The highest BCUT2D eigenvalue weighted by Crippen LogP contribution is 2.33. The number of nitrogens with one attached hydrogen (secondary N) is 1. The van der Waals surface area contributed by atoms with E-state index in [1.807, 2.05) is 25.9 Å². The van der Waals surface area contributed by atoms with Crippen LogP contribution < -0.4 is 16.0 Å². The highest BCUT2D eigenvalue weighted by molar-refractivity contribution is 6.34. The number of urea groups is 1. The number of nitrogens with two attached hydrogens (primary N) is 1. The van der Waals surface area contributed by atoms with Crippen molar-refractivity contribution in [1.29, 1.82) is 0 Å². The number of hydrogen-bond donors (Lipinski definition) is 2. The first-order chi connectivity index (χ1) is 10.8. The van der Waals surface area contributed by atoms with Crippen LogP contribution in [0, 0.1) is 5.92 Å². The van der Waals surface area contributed by atoms with Gasteiger partial charge < -0.3 is 20.9 Å². The highest BCUT2D eigenvalue weighted by atomic mass is 35.5. The standard InChI is InChI=1S/C16H23ClN4O2/c1-10-7-8-11(15(18)22)9-21(10)16(23)19-13-6-4-5-12(17)14(13)20(2)3/h4-6,10-11H,7-9H2,1-3H3,(H2,18,22)(H,19,23)/t10-,11+/m1/s1. The summed E-state index contributed by atoms with van der Waals surface area (Å²) in [6.07, 6.45) is 1.48. The Morgan fingerprint density at radius 2 is 2.04 bits per heavy atom. The molecule has 0 saturated carbocycles. The third-order valence-corrected chi connectivity index (χ3v) is 4.53. The van der Waals surface area contributed by atoms with Gasteiger partial charge >= 0.3 is 6.03 Å². The zero-order chi connectivity index (χ0) is 17.1. The number of rotatable bonds is 3. The topological polar surface area (TPSA) is 78.7 Å². The van der Waals surface area contributed by atoms with Crippen LogP contribution in [0.1, 0.15) is 19.8 Å². The number of carbonyl (C=O) groups is 2. The summed E-state index contributed by atoms with van der Waals surface area (Å²) in [5, 5.41) is 3.47. The second kappa shape index (κ2) is 7.08. The molecule has 2 atom stereocenters. The molecule has 2 rings (SSSR count). The van der Waals surface area contributed by atoms with Crippen molar-refractivity contribution in [3.8, 4) is 0 Å². The van der Waals surface area contributed by atoms with Crippen LogP contribution in [0.25, 0.3) is 0 Å². The highest BCUT2D eigenvalue weighted by Gasteiger charge is 2.32. The maximum absolute atomic E-state index is 12.6. The first-order valence-electron chi connectivity index (χ1n) is 7.64. The maximum Gasteiger partial charge on any atom is 0.322 e. The molecular weight excluding hydrogens is 316 g/mol. The van der Waals surface area contributed by atoms with Crippen LogP contribution in [-0.4, -0.2) is 43.5 Å². The molecule has 1 fully saturated rings. The van der Waals surface area contributed by atoms with Crippen molar-refractivity contribution in [2.45, 2.75) is 25.8 Å². The molecule has 1 saturated heterocycles. The Morgan fingerprint density at radius 1 is 1.35 bits per heavy atom. The SMILES string of the molecule is C[C@@H]1CC[C@H](C(N)=O)CN1C(=O)Nc1cccc(Cl)c1N(C)C.